The number of rotatable bonds is 4. The molecule has 1 aliphatic rings. The molecule has 2 N–H and O–H groups in total. The Kier molecular flexibility index (Phi) is 5.26. The number of amides is 1. The molecule has 1 aliphatic carbocycles. The van der Waals surface area contributed by atoms with Crippen molar-refractivity contribution in [2.24, 2.45) is 17.8 Å². The first-order valence-electron chi connectivity index (χ1n) is 6.45. The van der Waals surface area contributed by atoms with Gasteiger partial charge in [0, 0.05) is 5.92 Å². The zero-order valence-corrected chi connectivity index (χ0v) is 10.7. The lowest BCUT2D eigenvalue weighted by molar-refractivity contribution is -0.127. The molecule has 0 heterocycles. The van der Waals surface area contributed by atoms with Crippen LogP contribution in [0.2, 0.25) is 0 Å². The van der Waals surface area contributed by atoms with Gasteiger partial charge in [-0.15, -0.1) is 0 Å². The van der Waals surface area contributed by atoms with Gasteiger partial charge in [-0.25, -0.2) is 0 Å². The summed E-state index contributed by atoms with van der Waals surface area (Å²) < 4.78 is 0. The standard InChI is InChI=1S/C13H25NO2/c1-9(2)12(8-15)14-13(16)11-6-4-10(3)5-7-11/h9-12,15H,4-8H2,1-3H3,(H,14,16)/t10-,11-,12-/m0/s1. The number of carbonyl (C=O) groups is 1. The maximum Gasteiger partial charge on any atom is 0.223 e. The predicted molar refractivity (Wildman–Crippen MR) is 65.0 cm³/mol. The van der Waals surface area contributed by atoms with Crippen molar-refractivity contribution < 1.29 is 9.90 Å². The lowest BCUT2D eigenvalue weighted by atomic mass is 9.82. The molecule has 1 amide bonds. The number of carbonyl (C=O) groups excluding carboxylic acids is 1. The Morgan fingerprint density at radius 2 is 1.88 bits per heavy atom. The van der Waals surface area contributed by atoms with E-state index in [1.54, 1.807) is 0 Å². The maximum atomic E-state index is 12.0. The number of aliphatic hydroxyl groups is 1. The van der Waals surface area contributed by atoms with Gasteiger partial charge in [0.1, 0.15) is 0 Å². The Balaban J connectivity index is 2.39. The fraction of sp³-hybridized carbons (Fsp3) is 0.923. The third-order valence-electron chi connectivity index (χ3n) is 3.72. The van der Waals surface area contributed by atoms with Crippen molar-refractivity contribution in [3.63, 3.8) is 0 Å². The summed E-state index contributed by atoms with van der Waals surface area (Å²) in [5, 5.41) is 12.1. The molecule has 3 heteroatoms. The highest BCUT2D eigenvalue weighted by Crippen LogP contribution is 2.28. The smallest absolute Gasteiger partial charge is 0.223 e. The highest BCUT2D eigenvalue weighted by Gasteiger charge is 2.26. The molecular formula is C13H25NO2. The summed E-state index contributed by atoms with van der Waals surface area (Å²) >= 11 is 0. The largest absolute Gasteiger partial charge is 0.394 e. The molecule has 0 aromatic rings. The second-order valence-electron chi connectivity index (χ2n) is 5.50. The SMILES string of the molecule is CC(C)[C@H](CO)NC(=O)[C@H]1CC[C@H](C)CC1. The minimum atomic E-state index is -0.0909. The minimum Gasteiger partial charge on any atom is -0.394 e. The van der Waals surface area contributed by atoms with Gasteiger partial charge in [-0.3, -0.25) is 4.79 Å². The molecule has 1 saturated carbocycles. The Bertz CT molecular complexity index is 220. The third kappa shape index (κ3) is 3.78. The topological polar surface area (TPSA) is 49.3 Å². The highest BCUT2D eigenvalue weighted by molar-refractivity contribution is 5.79. The summed E-state index contributed by atoms with van der Waals surface area (Å²) in [5.41, 5.74) is 0. The number of hydrogen-bond acceptors (Lipinski definition) is 2. The Labute approximate surface area is 98.6 Å². The number of hydrogen-bond donors (Lipinski definition) is 2. The van der Waals surface area contributed by atoms with Gasteiger partial charge in [-0.1, -0.05) is 20.8 Å². The molecule has 94 valence electrons. The van der Waals surface area contributed by atoms with Gasteiger partial charge in [0.2, 0.25) is 5.91 Å². The molecule has 0 radical (unpaired) electrons. The first kappa shape index (κ1) is 13.5. The molecule has 16 heavy (non-hydrogen) atoms. The van der Waals surface area contributed by atoms with Crippen LogP contribution in [0.25, 0.3) is 0 Å². The summed E-state index contributed by atoms with van der Waals surface area (Å²) in [5.74, 6) is 1.36. The summed E-state index contributed by atoms with van der Waals surface area (Å²) in [4.78, 5) is 12.0. The molecular weight excluding hydrogens is 202 g/mol. The fourth-order valence-electron chi connectivity index (χ4n) is 2.25. The maximum absolute atomic E-state index is 12.0. The van der Waals surface area contributed by atoms with Gasteiger partial charge in [0.05, 0.1) is 12.6 Å². The van der Waals surface area contributed by atoms with Gasteiger partial charge in [0.15, 0.2) is 0 Å². The van der Waals surface area contributed by atoms with Gasteiger partial charge in [-0.05, 0) is 37.5 Å². The van der Waals surface area contributed by atoms with Crippen LogP contribution in [0.4, 0.5) is 0 Å². The lowest BCUT2D eigenvalue weighted by Gasteiger charge is -2.28. The number of aliphatic hydroxyl groups excluding tert-OH is 1. The molecule has 1 fully saturated rings. The van der Waals surface area contributed by atoms with E-state index in [2.05, 4.69) is 12.2 Å². The summed E-state index contributed by atoms with van der Waals surface area (Å²) in [7, 11) is 0. The van der Waals surface area contributed by atoms with Crippen molar-refractivity contribution >= 4 is 5.91 Å². The van der Waals surface area contributed by atoms with Crippen LogP contribution < -0.4 is 5.32 Å². The van der Waals surface area contributed by atoms with Crippen molar-refractivity contribution in [2.75, 3.05) is 6.61 Å². The quantitative estimate of drug-likeness (QED) is 0.771. The van der Waals surface area contributed by atoms with E-state index in [9.17, 15) is 9.90 Å². The molecule has 0 aromatic carbocycles. The fourth-order valence-corrected chi connectivity index (χ4v) is 2.25. The monoisotopic (exact) mass is 227 g/mol. The molecule has 0 unspecified atom stereocenters. The van der Waals surface area contributed by atoms with E-state index < -0.39 is 0 Å². The van der Waals surface area contributed by atoms with E-state index in [0.29, 0.717) is 0 Å². The molecule has 0 aliphatic heterocycles. The molecule has 1 rings (SSSR count). The van der Waals surface area contributed by atoms with Gasteiger partial charge in [0.25, 0.3) is 0 Å². The van der Waals surface area contributed by atoms with Crippen molar-refractivity contribution in [1.29, 1.82) is 0 Å². The summed E-state index contributed by atoms with van der Waals surface area (Å²) in [6.45, 7) is 6.32. The van der Waals surface area contributed by atoms with Gasteiger partial charge >= 0.3 is 0 Å². The minimum absolute atomic E-state index is 0.0343. The predicted octanol–water partition coefficient (Wildman–Crippen LogP) is 1.95. The molecule has 0 saturated heterocycles. The van der Waals surface area contributed by atoms with Crippen LogP contribution >= 0.6 is 0 Å². The van der Waals surface area contributed by atoms with Crippen LogP contribution in [0.3, 0.4) is 0 Å². The van der Waals surface area contributed by atoms with E-state index in [0.717, 1.165) is 31.6 Å². The van der Waals surface area contributed by atoms with E-state index in [1.165, 1.54) is 0 Å². The molecule has 0 spiro atoms. The van der Waals surface area contributed by atoms with E-state index in [4.69, 9.17) is 0 Å². The number of nitrogens with one attached hydrogen (secondary N) is 1. The van der Waals surface area contributed by atoms with Gasteiger partial charge < -0.3 is 10.4 Å². The van der Waals surface area contributed by atoms with Crippen LogP contribution in [0.1, 0.15) is 46.5 Å². The van der Waals surface area contributed by atoms with Crippen LogP contribution in [0, 0.1) is 17.8 Å². The summed E-state index contributed by atoms with van der Waals surface area (Å²) in [6, 6.07) is -0.0909. The summed E-state index contributed by atoms with van der Waals surface area (Å²) in [6.07, 6.45) is 4.32. The molecule has 0 aromatic heterocycles. The molecule has 1 atom stereocenters. The van der Waals surface area contributed by atoms with Crippen LogP contribution in [0.15, 0.2) is 0 Å². The van der Waals surface area contributed by atoms with Crippen molar-refractivity contribution in [3.8, 4) is 0 Å². The zero-order valence-electron chi connectivity index (χ0n) is 10.7. The van der Waals surface area contributed by atoms with Gasteiger partial charge in [-0.2, -0.15) is 0 Å². The lowest BCUT2D eigenvalue weighted by Crippen LogP contribution is -2.44. The Morgan fingerprint density at radius 1 is 1.31 bits per heavy atom. The Hall–Kier alpha value is -0.570. The Morgan fingerprint density at radius 3 is 2.31 bits per heavy atom. The van der Waals surface area contributed by atoms with E-state index in [1.807, 2.05) is 13.8 Å². The average Bonchev–Trinajstić information content (AvgIpc) is 2.26. The zero-order chi connectivity index (χ0) is 12.1. The van der Waals surface area contributed by atoms with E-state index in [-0.39, 0.29) is 30.4 Å². The molecule has 0 bridgehead atoms. The first-order valence-corrected chi connectivity index (χ1v) is 6.45. The van der Waals surface area contributed by atoms with Crippen molar-refractivity contribution in [1.82, 2.24) is 5.32 Å². The molecule has 3 nitrogen and oxygen atoms in total. The first-order chi connectivity index (χ1) is 7.54. The van der Waals surface area contributed by atoms with E-state index >= 15 is 0 Å². The average molecular weight is 227 g/mol. The highest BCUT2D eigenvalue weighted by atomic mass is 16.3. The van der Waals surface area contributed by atoms with Crippen molar-refractivity contribution in [2.45, 2.75) is 52.5 Å². The van der Waals surface area contributed by atoms with Crippen molar-refractivity contribution in [3.05, 3.63) is 0 Å². The normalized spacial score (nSPS) is 27.8. The third-order valence-corrected chi connectivity index (χ3v) is 3.72. The van der Waals surface area contributed by atoms with Crippen LogP contribution in [-0.2, 0) is 4.79 Å². The second kappa shape index (κ2) is 6.24. The van der Waals surface area contributed by atoms with Crippen LogP contribution in [0.5, 0.6) is 0 Å². The second-order valence-corrected chi connectivity index (χ2v) is 5.50. The van der Waals surface area contributed by atoms with Crippen LogP contribution in [-0.4, -0.2) is 23.7 Å².